The number of urea groups is 1. The lowest BCUT2D eigenvalue weighted by Crippen LogP contribution is -2.36. The fourth-order valence-corrected chi connectivity index (χ4v) is 3.06. The molecule has 1 aromatic carbocycles. The number of rotatable bonds is 8. The number of nitrogens with one attached hydrogen (secondary N) is 2. The van der Waals surface area contributed by atoms with E-state index in [1.54, 1.807) is 0 Å². The minimum atomic E-state index is -0.955. The number of benzene rings is 1. The van der Waals surface area contributed by atoms with Gasteiger partial charge in [0.05, 0.1) is 0 Å². The molecule has 0 heterocycles. The maximum Gasteiger partial charge on any atom is 0.319 e. The first kappa shape index (κ1) is 20.6. The van der Waals surface area contributed by atoms with Crippen LogP contribution in [0.5, 0.6) is 0 Å². The minimum absolute atomic E-state index is 0.212. The van der Waals surface area contributed by atoms with Crippen LogP contribution in [-0.2, 0) is 16.6 Å². The Morgan fingerprint density at radius 1 is 1.21 bits per heavy atom. The standard InChI is InChI=1S/C18H31N3O2S/c1-6-21(7-2)12-11-19-17(22)20-16-10-8-9-15(13-16)14-24(23)18(3,4)5/h8-10,13H,6-7,11-12,14H2,1-5H3,(H2,19,20,22). The Balaban J connectivity index is 2.52. The van der Waals surface area contributed by atoms with Gasteiger partial charge in [-0.05, 0) is 51.6 Å². The largest absolute Gasteiger partial charge is 0.337 e. The molecule has 1 unspecified atom stereocenters. The number of carbonyl (C=O) groups is 1. The highest BCUT2D eigenvalue weighted by Gasteiger charge is 2.19. The summed E-state index contributed by atoms with van der Waals surface area (Å²) < 4.78 is 12.0. The first-order valence-corrected chi connectivity index (χ1v) is 9.82. The summed E-state index contributed by atoms with van der Waals surface area (Å²) in [4.78, 5) is 14.2. The fraction of sp³-hybridized carbons (Fsp3) is 0.611. The van der Waals surface area contributed by atoms with E-state index in [4.69, 9.17) is 0 Å². The van der Waals surface area contributed by atoms with Crippen LogP contribution in [0, 0.1) is 0 Å². The molecule has 0 saturated heterocycles. The van der Waals surface area contributed by atoms with Gasteiger partial charge in [0.15, 0.2) is 0 Å². The molecule has 0 aliphatic heterocycles. The lowest BCUT2D eigenvalue weighted by molar-refractivity contribution is 0.248. The topological polar surface area (TPSA) is 61.4 Å². The van der Waals surface area contributed by atoms with Crippen LogP contribution in [0.4, 0.5) is 10.5 Å². The van der Waals surface area contributed by atoms with Gasteiger partial charge < -0.3 is 15.5 Å². The van der Waals surface area contributed by atoms with Gasteiger partial charge in [0.25, 0.3) is 0 Å². The molecule has 5 nitrogen and oxygen atoms in total. The molecule has 0 aliphatic carbocycles. The van der Waals surface area contributed by atoms with Crippen LogP contribution in [0.15, 0.2) is 24.3 Å². The third-order valence-electron chi connectivity index (χ3n) is 3.77. The van der Waals surface area contributed by atoms with Crippen molar-refractivity contribution in [2.24, 2.45) is 0 Å². The molecule has 1 rings (SSSR count). The van der Waals surface area contributed by atoms with E-state index in [0.29, 0.717) is 12.3 Å². The van der Waals surface area contributed by atoms with E-state index in [-0.39, 0.29) is 10.8 Å². The first-order valence-electron chi connectivity index (χ1n) is 8.50. The van der Waals surface area contributed by atoms with Crippen LogP contribution in [-0.4, -0.2) is 46.1 Å². The van der Waals surface area contributed by atoms with Gasteiger partial charge in [-0.25, -0.2) is 4.79 Å². The quantitative estimate of drug-likeness (QED) is 0.754. The Hall–Kier alpha value is -1.40. The summed E-state index contributed by atoms with van der Waals surface area (Å²) in [5, 5.41) is 5.70. The highest BCUT2D eigenvalue weighted by molar-refractivity contribution is 7.85. The molecule has 2 N–H and O–H groups in total. The smallest absolute Gasteiger partial charge is 0.319 e. The highest BCUT2D eigenvalue weighted by atomic mass is 32.2. The molecule has 1 aromatic rings. The molecule has 2 amide bonds. The van der Waals surface area contributed by atoms with Crippen LogP contribution in [0.1, 0.15) is 40.2 Å². The monoisotopic (exact) mass is 353 g/mol. The van der Waals surface area contributed by atoms with Gasteiger partial charge in [0, 0.05) is 40.1 Å². The van der Waals surface area contributed by atoms with Crippen molar-refractivity contribution in [1.82, 2.24) is 10.2 Å². The predicted octanol–water partition coefficient (Wildman–Crippen LogP) is 3.20. The maximum absolute atomic E-state index is 12.2. The molecule has 1 atom stereocenters. The van der Waals surface area contributed by atoms with Crippen LogP contribution in [0.25, 0.3) is 0 Å². The van der Waals surface area contributed by atoms with E-state index >= 15 is 0 Å². The highest BCUT2D eigenvalue weighted by Crippen LogP contribution is 2.18. The summed E-state index contributed by atoms with van der Waals surface area (Å²) in [5.74, 6) is 0.489. The summed E-state index contributed by atoms with van der Waals surface area (Å²) >= 11 is 0. The van der Waals surface area contributed by atoms with Crippen LogP contribution < -0.4 is 10.6 Å². The number of nitrogens with zero attached hydrogens (tertiary/aromatic N) is 1. The third-order valence-corrected chi connectivity index (χ3v) is 5.74. The molecule has 0 radical (unpaired) electrons. The Morgan fingerprint density at radius 3 is 2.46 bits per heavy atom. The minimum Gasteiger partial charge on any atom is -0.337 e. The van der Waals surface area contributed by atoms with Gasteiger partial charge in [-0.3, -0.25) is 4.21 Å². The van der Waals surface area contributed by atoms with Crippen molar-refractivity contribution in [3.05, 3.63) is 29.8 Å². The summed E-state index contributed by atoms with van der Waals surface area (Å²) in [6.07, 6.45) is 0. The van der Waals surface area contributed by atoms with Gasteiger partial charge in [-0.15, -0.1) is 0 Å². The van der Waals surface area contributed by atoms with E-state index in [0.717, 1.165) is 30.9 Å². The van der Waals surface area contributed by atoms with Gasteiger partial charge >= 0.3 is 6.03 Å². The van der Waals surface area contributed by atoms with Crippen molar-refractivity contribution in [2.45, 2.75) is 45.1 Å². The van der Waals surface area contributed by atoms with Crippen molar-refractivity contribution < 1.29 is 9.00 Å². The van der Waals surface area contributed by atoms with Crippen molar-refractivity contribution in [1.29, 1.82) is 0 Å². The third kappa shape index (κ3) is 7.45. The Kier molecular flexibility index (Phi) is 8.42. The van der Waals surface area contributed by atoms with Crippen LogP contribution >= 0.6 is 0 Å². The lowest BCUT2D eigenvalue weighted by Gasteiger charge is -2.18. The average molecular weight is 354 g/mol. The maximum atomic E-state index is 12.2. The molecule has 0 spiro atoms. The van der Waals surface area contributed by atoms with Crippen LogP contribution in [0.3, 0.4) is 0 Å². The predicted molar refractivity (Wildman–Crippen MR) is 103 cm³/mol. The molecule has 136 valence electrons. The molecule has 6 heteroatoms. The molecule has 0 aliphatic rings. The van der Waals surface area contributed by atoms with Gasteiger partial charge in [-0.1, -0.05) is 26.0 Å². The molecule has 0 aromatic heterocycles. The van der Waals surface area contributed by atoms with Gasteiger partial charge in [0.1, 0.15) is 0 Å². The summed E-state index contributed by atoms with van der Waals surface area (Å²) in [6.45, 7) is 13.5. The van der Waals surface area contributed by atoms with Crippen LogP contribution in [0.2, 0.25) is 0 Å². The number of amides is 2. The van der Waals surface area contributed by atoms with E-state index in [1.165, 1.54) is 0 Å². The number of hydrogen-bond donors (Lipinski definition) is 2. The van der Waals surface area contributed by atoms with Gasteiger partial charge in [0.2, 0.25) is 0 Å². The summed E-state index contributed by atoms with van der Waals surface area (Å²) in [7, 11) is -0.955. The zero-order valence-corrected chi connectivity index (χ0v) is 16.3. The van der Waals surface area contributed by atoms with Gasteiger partial charge in [-0.2, -0.15) is 0 Å². The van der Waals surface area contributed by atoms with E-state index in [9.17, 15) is 9.00 Å². The van der Waals surface area contributed by atoms with Crippen molar-refractivity contribution >= 4 is 22.5 Å². The normalized spacial score (nSPS) is 12.9. The second-order valence-corrected chi connectivity index (χ2v) is 8.91. The van der Waals surface area contributed by atoms with Crippen molar-refractivity contribution in [2.75, 3.05) is 31.5 Å². The number of carbonyl (C=O) groups excluding carboxylic acids is 1. The second kappa shape index (κ2) is 9.79. The summed E-state index contributed by atoms with van der Waals surface area (Å²) in [5.41, 5.74) is 1.68. The molecular weight excluding hydrogens is 322 g/mol. The molecular formula is C18H31N3O2S. The Bertz CT molecular complexity index is 551. The number of hydrogen-bond acceptors (Lipinski definition) is 3. The molecule has 0 bridgehead atoms. The second-order valence-electron chi connectivity index (χ2n) is 6.71. The lowest BCUT2D eigenvalue weighted by atomic mass is 10.2. The average Bonchev–Trinajstić information content (AvgIpc) is 2.51. The number of likely N-dealkylation sites (N-methyl/N-ethyl adjacent to an activating group) is 1. The molecule has 24 heavy (non-hydrogen) atoms. The Morgan fingerprint density at radius 2 is 1.88 bits per heavy atom. The fourth-order valence-electron chi connectivity index (χ4n) is 2.15. The zero-order chi connectivity index (χ0) is 18.2. The Labute approximate surface area is 148 Å². The van der Waals surface area contributed by atoms with Crippen molar-refractivity contribution in [3.63, 3.8) is 0 Å². The molecule has 0 saturated carbocycles. The summed E-state index contributed by atoms with van der Waals surface area (Å²) in [6, 6.07) is 7.32. The first-order chi connectivity index (χ1) is 11.3. The molecule has 0 fully saturated rings. The van der Waals surface area contributed by atoms with Crippen molar-refractivity contribution in [3.8, 4) is 0 Å². The van der Waals surface area contributed by atoms with E-state index in [2.05, 4.69) is 29.4 Å². The number of anilines is 1. The van der Waals surface area contributed by atoms with E-state index in [1.807, 2.05) is 45.0 Å². The van der Waals surface area contributed by atoms with E-state index < -0.39 is 10.8 Å². The zero-order valence-electron chi connectivity index (χ0n) is 15.5. The SMILES string of the molecule is CCN(CC)CCNC(=O)Nc1cccc(CS(=O)C(C)(C)C)c1.